The Labute approximate surface area is 269 Å². The molecule has 0 bridgehead atoms. The lowest BCUT2D eigenvalue weighted by atomic mass is 9.89. The Balaban J connectivity index is 1.37. The molecule has 0 aromatic heterocycles. The van der Waals surface area contributed by atoms with Gasteiger partial charge in [0.2, 0.25) is 11.8 Å². The van der Waals surface area contributed by atoms with Crippen molar-refractivity contribution in [3.8, 4) is 11.5 Å². The van der Waals surface area contributed by atoms with Gasteiger partial charge in [0, 0.05) is 0 Å². The van der Waals surface area contributed by atoms with E-state index >= 15 is 0 Å². The molecule has 0 unspecified atom stereocenters. The van der Waals surface area contributed by atoms with Gasteiger partial charge in [-0.25, -0.2) is 0 Å². The third kappa shape index (κ3) is 7.40. The van der Waals surface area contributed by atoms with E-state index in [0.717, 1.165) is 22.3 Å². The van der Waals surface area contributed by atoms with Crippen LogP contribution in [0.5, 0.6) is 11.5 Å². The van der Waals surface area contributed by atoms with Crippen molar-refractivity contribution in [2.24, 2.45) is 0 Å². The molecule has 2 amide bonds. The summed E-state index contributed by atoms with van der Waals surface area (Å²) < 4.78 is 6.13. The molecule has 6 aromatic rings. The third-order valence-electron chi connectivity index (χ3n) is 7.80. The molecular formula is C41H34N2O3. The fraction of sp³-hybridized carbons (Fsp3) is 0.0732. The molecule has 226 valence electrons. The van der Waals surface area contributed by atoms with Crippen LogP contribution in [0.4, 0.5) is 0 Å². The van der Waals surface area contributed by atoms with Gasteiger partial charge in [-0.2, -0.15) is 0 Å². The Bertz CT molecular complexity index is 1670. The van der Waals surface area contributed by atoms with Gasteiger partial charge in [0.1, 0.15) is 17.7 Å². The number of para-hydroxylation sites is 1. The Hall–Kier alpha value is -5.94. The van der Waals surface area contributed by atoms with E-state index in [1.165, 1.54) is 0 Å². The fourth-order valence-corrected chi connectivity index (χ4v) is 5.61. The van der Waals surface area contributed by atoms with E-state index in [2.05, 4.69) is 10.6 Å². The topological polar surface area (TPSA) is 67.4 Å². The monoisotopic (exact) mass is 602 g/mol. The standard InChI is InChI=1S/C41H34N2O3/c44-40(37(30-17-6-1-7-18-30)31-19-8-2-9-20-31)42-39(34-25-16-28-36(29-34)46-35-26-14-5-15-27-35)43-41(45)38(32-21-10-3-11-22-32)33-23-12-4-13-24-33/h1-29,37-39H,(H,42,44)(H,43,45). The minimum absolute atomic E-state index is 0.243. The highest BCUT2D eigenvalue weighted by Gasteiger charge is 2.29. The maximum absolute atomic E-state index is 14.3. The predicted molar refractivity (Wildman–Crippen MR) is 181 cm³/mol. The Morgan fingerprint density at radius 2 is 0.717 bits per heavy atom. The second kappa shape index (κ2) is 14.7. The molecule has 0 heterocycles. The number of carbonyl (C=O) groups is 2. The molecule has 0 saturated heterocycles. The van der Waals surface area contributed by atoms with Gasteiger partial charge in [-0.3, -0.25) is 9.59 Å². The molecule has 2 N–H and O–H groups in total. The van der Waals surface area contributed by atoms with Crippen LogP contribution in [0.1, 0.15) is 45.8 Å². The smallest absolute Gasteiger partial charge is 0.233 e. The maximum Gasteiger partial charge on any atom is 0.233 e. The second-order valence-corrected chi connectivity index (χ2v) is 10.9. The fourth-order valence-electron chi connectivity index (χ4n) is 5.61. The van der Waals surface area contributed by atoms with Crippen LogP contribution in [0.3, 0.4) is 0 Å². The van der Waals surface area contributed by atoms with Gasteiger partial charge in [0.15, 0.2) is 0 Å². The van der Waals surface area contributed by atoms with Crippen LogP contribution in [0.25, 0.3) is 0 Å². The lowest BCUT2D eigenvalue weighted by molar-refractivity contribution is -0.125. The molecule has 5 heteroatoms. The van der Waals surface area contributed by atoms with Crippen LogP contribution in [0.15, 0.2) is 176 Å². The predicted octanol–water partition coefficient (Wildman–Crippen LogP) is 8.37. The van der Waals surface area contributed by atoms with Crippen molar-refractivity contribution in [2.45, 2.75) is 18.0 Å². The summed E-state index contributed by atoms with van der Waals surface area (Å²) in [6.07, 6.45) is -0.857. The van der Waals surface area contributed by atoms with Gasteiger partial charge in [-0.05, 0) is 52.1 Å². The summed E-state index contributed by atoms with van der Waals surface area (Å²) >= 11 is 0. The van der Waals surface area contributed by atoms with E-state index in [-0.39, 0.29) is 11.8 Å². The first-order chi connectivity index (χ1) is 22.7. The van der Waals surface area contributed by atoms with Crippen LogP contribution in [-0.4, -0.2) is 11.8 Å². The molecule has 0 fully saturated rings. The van der Waals surface area contributed by atoms with Crippen molar-refractivity contribution < 1.29 is 14.3 Å². The van der Waals surface area contributed by atoms with E-state index in [1.54, 1.807) is 0 Å². The summed E-state index contributed by atoms with van der Waals surface area (Å²) in [6.45, 7) is 0. The second-order valence-electron chi connectivity index (χ2n) is 10.9. The van der Waals surface area contributed by atoms with Crippen molar-refractivity contribution in [1.82, 2.24) is 10.6 Å². The van der Waals surface area contributed by atoms with E-state index in [9.17, 15) is 9.59 Å². The van der Waals surface area contributed by atoms with Crippen LogP contribution in [-0.2, 0) is 9.59 Å². The van der Waals surface area contributed by atoms with Crippen molar-refractivity contribution in [3.05, 3.63) is 204 Å². The highest BCUT2D eigenvalue weighted by molar-refractivity contribution is 5.90. The van der Waals surface area contributed by atoms with Gasteiger partial charge in [-0.1, -0.05) is 152 Å². The molecule has 0 aliphatic carbocycles. The summed E-state index contributed by atoms with van der Waals surface area (Å²) in [5.74, 6) is -0.399. The van der Waals surface area contributed by atoms with Crippen molar-refractivity contribution in [1.29, 1.82) is 0 Å². The van der Waals surface area contributed by atoms with Gasteiger partial charge in [0.05, 0.1) is 11.8 Å². The average molecular weight is 603 g/mol. The van der Waals surface area contributed by atoms with Crippen LogP contribution in [0.2, 0.25) is 0 Å². The van der Waals surface area contributed by atoms with E-state index < -0.39 is 18.0 Å². The molecule has 0 radical (unpaired) electrons. The van der Waals surface area contributed by atoms with E-state index in [4.69, 9.17) is 4.74 Å². The minimum atomic E-state index is -0.857. The first-order valence-electron chi connectivity index (χ1n) is 15.3. The Morgan fingerprint density at radius 3 is 1.11 bits per heavy atom. The average Bonchev–Trinajstić information content (AvgIpc) is 3.11. The SMILES string of the molecule is O=C(NC(NC(=O)C(c1ccccc1)c1ccccc1)c1cccc(Oc2ccccc2)c1)C(c1ccccc1)c1ccccc1. The summed E-state index contributed by atoms with van der Waals surface area (Å²) in [6, 6.07) is 55.6. The number of rotatable bonds is 11. The summed E-state index contributed by atoms with van der Waals surface area (Å²) in [5.41, 5.74) is 4.08. The van der Waals surface area contributed by atoms with Crippen molar-refractivity contribution >= 4 is 11.8 Å². The number of amides is 2. The third-order valence-corrected chi connectivity index (χ3v) is 7.80. The summed E-state index contributed by atoms with van der Waals surface area (Å²) in [7, 11) is 0. The zero-order valence-electron chi connectivity index (χ0n) is 25.2. The summed E-state index contributed by atoms with van der Waals surface area (Å²) in [4.78, 5) is 28.6. The zero-order chi connectivity index (χ0) is 31.6. The maximum atomic E-state index is 14.3. The molecule has 6 aromatic carbocycles. The Morgan fingerprint density at radius 1 is 0.391 bits per heavy atom. The Kier molecular flexibility index (Phi) is 9.61. The zero-order valence-corrected chi connectivity index (χ0v) is 25.2. The summed E-state index contributed by atoms with van der Waals surface area (Å²) in [5, 5.41) is 6.37. The van der Waals surface area contributed by atoms with Gasteiger partial charge >= 0.3 is 0 Å². The number of hydrogen-bond acceptors (Lipinski definition) is 3. The molecule has 0 saturated carbocycles. The number of nitrogens with one attached hydrogen (secondary N) is 2. The highest BCUT2D eigenvalue weighted by Crippen LogP contribution is 2.30. The van der Waals surface area contributed by atoms with Gasteiger partial charge in [0.25, 0.3) is 0 Å². The van der Waals surface area contributed by atoms with Gasteiger partial charge in [-0.15, -0.1) is 0 Å². The number of ether oxygens (including phenoxy) is 1. The lowest BCUT2D eigenvalue weighted by Gasteiger charge is -2.27. The quantitative estimate of drug-likeness (QED) is 0.146. The van der Waals surface area contributed by atoms with E-state index in [0.29, 0.717) is 17.1 Å². The normalized spacial score (nSPS) is 10.9. The molecule has 0 aliphatic rings. The van der Waals surface area contributed by atoms with Crippen molar-refractivity contribution in [2.75, 3.05) is 0 Å². The highest BCUT2D eigenvalue weighted by atomic mass is 16.5. The van der Waals surface area contributed by atoms with Crippen molar-refractivity contribution in [3.63, 3.8) is 0 Å². The molecule has 0 aliphatic heterocycles. The van der Waals surface area contributed by atoms with Crippen LogP contribution in [0, 0.1) is 0 Å². The number of hydrogen-bond donors (Lipinski definition) is 2. The molecular weight excluding hydrogens is 568 g/mol. The molecule has 46 heavy (non-hydrogen) atoms. The lowest BCUT2D eigenvalue weighted by Crippen LogP contribution is -2.44. The van der Waals surface area contributed by atoms with Crippen LogP contribution < -0.4 is 15.4 Å². The van der Waals surface area contributed by atoms with Gasteiger partial charge < -0.3 is 15.4 Å². The molecule has 0 atom stereocenters. The number of carbonyl (C=O) groups excluding carboxylic acids is 2. The number of benzene rings is 6. The first kappa shape index (κ1) is 30.1. The molecule has 0 spiro atoms. The first-order valence-corrected chi connectivity index (χ1v) is 15.3. The molecule has 6 rings (SSSR count). The van der Waals surface area contributed by atoms with Crippen LogP contribution >= 0.6 is 0 Å². The largest absolute Gasteiger partial charge is 0.457 e. The minimum Gasteiger partial charge on any atom is -0.457 e. The van der Waals surface area contributed by atoms with E-state index in [1.807, 2.05) is 176 Å². The molecule has 5 nitrogen and oxygen atoms in total.